The highest BCUT2D eigenvalue weighted by Gasteiger charge is 2.56. The van der Waals surface area contributed by atoms with Crippen LogP contribution in [0.3, 0.4) is 0 Å². The van der Waals surface area contributed by atoms with E-state index in [4.69, 9.17) is 4.74 Å². The molecule has 1 fully saturated rings. The Morgan fingerprint density at radius 2 is 2.04 bits per heavy atom. The maximum Gasteiger partial charge on any atom is 0.310 e. The van der Waals surface area contributed by atoms with Crippen LogP contribution in [0.5, 0.6) is 0 Å². The molecule has 0 bridgehead atoms. The Bertz CT molecular complexity index is 560. The van der Waals surface area contributed by atoms with Crippen LogP contribution in [-0.4, -0.2) is 59.6 Å². The van der Waals surface area contributed by atoms with E-state index >= 15 is 0 Å². The Balaban J connectivity index is 2.39. The van der Waals surface area contributed by atoms with Crippen molar-refractivity contribution in [2.45, 2.75) is 39.8 Å². The van der Waals surface area contributed by atoms with E-state index in [9.17, 15) is 19.5 Å². The molecule has 2 N–H and O–H groups in total. The summed E-state index contributed by atoms with van der Waals surface area (Å²) in [5.74, 6) is -2.72. The average Bonchev–Trinajstić information content (AvgIpc) is 2.80. The molecule has 25 heavy (non-hydrogen) atoms. The fourth-order valence-corrected chi connectivity index (χ4v) is 3.91. The molecule has 0 unspecified atom stereocenters. The van der Waals surface area contributed by atoms with Gasteiger partial charge < -0.3 is 20.1 Å². The van der Waals surface area contributed by atoms with E-state index in [-0.39, 0.29) is 43.5 Å². The van der Waals surface area contributed by atoms with Crippen molar-refractivity contribution in [3.05, 3.63) is 12.2 Å². The van der Waals surface area contributed by atoms with Crippen LogP contribution in [0, 0.1) is 23.7 Å². The van der Waals surface area contributed by atoms with Crippen LogP contribution in [-0.2, 0) is 19.1 Å². The van der Waals surface area contributed by atoms with Gasteiger partial charge >= 0.3 is 5.97 Å². The summed E-state index contributed by atoms with van der Waals surface area (Å²) in [6.07, 6.45) is 3.75. The van der Waals surface area contributed by atoms with Gasteiger partial charge in [0, 0.05) is 18.5 Å². The first-order chi connectivity index (χ1) is 11.8. The number of carbonyl (C=O) groups excluding carboxylic acids is 3. The van der Waals surface area contributed by atoms with Gasteiger partial charge in [-0.25, -0.2) is 0 Å². The second-order valence-electron chi connectivity index (χ2n) is 6.99. The van der Waals surface area contributed by atoms with Crippen molar-refractivity contribution in [3.8, 4) is 0 Å². The molecule has 1 saturated heterocycles. The van der Waals surface area contributed by atoms with Gasteiger partial charge in [0.15, 0.2) is 0 Å². The molecule has 0 radical (unpaired) electrons. The number of hydrogen-bond donors (Lipinski definition) is 2. The Morgan fingerprint density at radius 3 is 2.60 bits per heavy atom. The van der Waals surface area contributed by atoms with Crippen LogP contribution in [0.25, 0.3) is 0 Å². The molecule has 1 aliphatic carbocycles. The predicted octanol–water partition coefficient (Wildman–Crippen LogP) is 0.332. The molecule has 2 rings (SSSR count). The van der Waals surface area contributed by atoms with E-state index in [1.54, 1.807) is 6.92 Å². The van der Waals surface area contributed by atoms with E-state index in [0.29, 0.717) is 0 Å². The van der Waals surface area contributed by atoms with Crippen molar-refractivity contribution < 1.29 is 24.2 Å². The monoisotopic (exact) mass is 352 g/mol. The zero-order valence-corrected chi connectivity index (χ0v) is 15.3. The Kier molecular flexibility index (Phi) is 6.21. The maximum absolute atomic E-state index is 13.0. The van der Waals surface area contributed by atoms with E-state index in [1.165, 1.54) is 4.90 Å². The first-order valence-electron chi connectivity index (χ1n) is 8.90. The predicted molar refractivity (Wildman–Crippen MR) is 91.3 cm³/mol. The summed E-state index contributed by atoms with van der Waals surface area (Å²) in [7, 11) is 0. The van der Waals surface area contributed by atoms with Crippen LogP contribution in [0.2, 0.25) is 0 Å². The highest BCUT2D eigenvalue weighted by Crippen LogP contribution is 2.44. The minimum absolute atomic E-state index is 0.0648. The summed E-state index contributed by atoms with van der Waals surface area (Å²) >= 11 is 0. The number of hydrogen-bond acceptors (Lipinski definition) is 5. The molecule has 7 heteroatoms. The number of fused-ring (bicyclic) bond motifs is 1. The summed E-state index contributed by atoms with van der Waals surface area (Å²) in [4.78, 5) is 39.5. The van der Waals surface area contributed by atoms with Crippen LogP contribution >= 0.6 is 0 Å². The number of carbonyl (C=O) groups is 3. The van der Waals surface area contributed by atoms with Crippen molar-refractivity contribution in [1.82, 2.24) is 10.2 Å². The molecule has 1 aliphatic heterocycles. The second kappa shape index (κ2) is 7.99. The molecule has 2 aliphatic rings. The smallest absolute Gasteiger partial charge is 0.310 e. The fraction of sp³-hybridized carbons (Fsp3) is 0.722. The summed E-state index contributed by atoms with van der Waals surface area (Å²) in [5.41, 5.74) is 0. The molecular weight excluding hydrogens is 324 g/mol. The Labute approximate surface area is 148 Å². The van der Waals surface area contributed by atoms with Crippen LogP contribution in [0.4, 0.5) is 0 Å². The molecule has 0 aromatic heterocycles. The first-order valence-corrected chi connectivity index (χ1v) is 8.90. The summed E-state index contributed by atoms with van der Waals surface area (Å²) in [6, 6.07) is -0.780. The Hall–Kier alpha value is -1.89. The van der Waals surface area contributed by atoms with E-state index in [1.807, 2.05) is 32.9 Å². The number of aliphatic hydroxyl groups is 1. The number of allylic oxidation sites excluding steroid dienone is 1. The van der Waals surface area contributed by atoms with E-state index in [0.717, 1.165) is 0 Å². The second-order valence-corrected chi connectivity index (χ2v) is 6.99. The number of likely N-dealkylation sites (tertiary alicyclic amines) is 1. The average molecular weight is 352 g/mol. The number of amides is 2. The molecule has 2 amide bonds. The van der Waals surface area contributed by atoms with Gasteiger partial charge in [0.25, 0.3) is 0 Å². The molecule has 0 saturated carbocycles. The van der Waals surface area contributed by atoms with Gasteiger partial charge in [0.1, 0.15) is 6.04 Å². The van der Waals surface area contributed by atoms with Crippen molar-refractivity contribution in [2.24, 2.45) is 23.7 Å². The van der Waals surface area contributed by atoms with Gasteiger partial charge in [0.2, 0.25) is 11.8 Å². The highest BCUT2D eigenvalue weighted by atomic mass is 16.5. The number of nitrogens with zero attached hydrogens (tertiary/aromatic N) is 1. The van der Waals surface area contributed by atoms with Gasteiger partial charge in [-0.2, -0.15) is 0 Å². The summed E-state index contributed by atoms with van der Waals surface area (Å²) in [5, 5.41) is 12.2. The Morgan fingerprint density at radius 1 is 1.36 bits per heavy atom. The molecule has 0 aromatic carbocycles. The lowest BCUT2D eigenvalue weighted by molar-refractivity contribution is -0.155. The zero-order chi connectivity index (χ0) is 18.7. The summed E-state index contributed by atoms with van der Waals surface area (Å²) < 4.78 is 5.17. The van der Waals surface area contributed by atoms with Gasteiger partial charge in [0.05, 0.1) is 25.0 Å². The van der Waals surface area contributed by atoms with E-state index in [2.05, 4.69) is 5.32 Å². The van der Waals surface area contributed by atoms with Crippen LogP contribution in [0.15, 0.2) is 12.2 Å². The van der Waals surface area contributed by atoms with Gasteiger partial charge in [-0.1, -0.05) is 19.1 Å². The maximum atomic E-state index is 13.0. The lowest BCUT2D eigenvalue weighted by Crippen LogP contribution is -2.49. The van der Waals surface area contributed by atoms with Gasteiger partial charge in [-0.3, -0.25) is 14.4 Å². The molecule has 5 atom stereocenters. The lowest BCUT2D eigenvalue weighted by Gasteiger charge is -2.32. The number of aliphatic hydroxyl groups excluding tert-OH is 1. The third-order valence-corrected chi connectivity index (χ3v) is 4.87. The highest BCUT2D eigenvalue weighted by molar-refractivity contribution is 5.96. The molecule has 0 aromatic rings. The normalized spacial score (nSPS) is 31.2. The quantitative estimate of drug-likeness (QED) is 0.531. The van der Waals surface area contributed by atoms with Gasteiger partial charge in [-0.05, 0) is 26.7 Å². The molecule has 1 heterocycles. The van der Waals surface area contributed by atoms with E-state index < -0.39 is 29.8 Å². The fourth-order valence-electron chi connectivity index (χ4n) is 3.91. The third-order valence-electron chi connectivity index (χ3n) is 4.87. The van der Waals surface area contributed by atoms with Crippen molar-refractivity contribution in [2.75, 3.05) is 19.8 Å². The van der Waals surface area contributed by atoms with Crippen LogP contribution in [0.1, 0.15) is 27.7 Å². The zero-order valence-electron chi connectivity index (χ0n) is 15.3. The largest absolute Gasteiger partial charge is 0.466 e. The standard InChI is InChI=1S/C18H28N2O5/c1-5-25-18(24)13-11(4)6-7-12-14(13)17(23)20(8-9-21)15(12)16(22)19-10(2)3/h6-7,10-15,21H,5,8-9H2,1-4H3,(H,19,22)/t11-,12+,13-,14+,15+/m1/s1. The number of ether oxygens (including phenoxy) is 1. The van der Waals surface area contributed by atoms with Crippen molar-refractivity contribution in [3.63, 3.8) is 0 Å². The number of β-amino-alcohol motifs (C(OH)–C–C–N with tert-alkyl or cyclic N) is 1. The number of nitrogens with one attached hydrogen (secondary N) is 1. The summed E-state index contributed by atoms with van der Waals surface area (Å²) in [6.45, 7) is 7.38. The van der Waals surface area contributed by atoms with Gasteiger partial charge in [-0.15, -0.1) is 0 Å². The number of rotatable bonds is 6. The minimum atomic E-state index is -0.715. The van der Waals surface area contributed by atoms with Crippen LogP contribution < -0.4 is 5.32 Å². The van der Waals surface area contributed by atoms with Crippen molar-refractivity contribution in [1.29, 1.82) is 0 Å². The molecule has 7 nitrogen and oxygen atoms in total. The number of esters is 1. The van der Waals surface area contributed by atoms with Crippen molar-refractivity contribution >= 4 is 17.8 Å². The molecule has 0 spiro atoms. The SMILES string of the molecule is CCOC(=O)[C@H]1[C@H]2C(=O)N(CCO)[C@H](C(=O)NC(C)C)[C@H]2C=C[C@H]1C. The molecule has 140 valence electrons. The third kappa shape index (κ3) is 3.71. The molecular formula is C18H28N2O5. The lowest BCUT2D eigenvalue weighted by atomic mass is 9.70. The topological polar surface area (TPSA) is 95.9 Å². The minimum Gasteiger partial charge on any atom is -0.466 e. The first kappa shape index (κ1) is 19.4.